The maximum atomic E-state index is 11.7. The minimum atomic E-state index is -0.585. The van der Waals surface area contributed by atoms with Crippen LogP contribution in [0.25, 0.3) is 0 Å². The van der Waals surface area contributed by atoms with E-state index >= 15 is 0 Å². The minimum Gasteiger partial charge on any atom is -0.490 e. The molecule has 0 atom stereocenters. The summed E-state index contributed by atoms with van der Waals surface area (Å²) in [6, 6.07) is 10.2. The van der Waals surface area contributed by atoms with Gasteiger partial charge in [0.2, 0.25) is 0 Å². The van der Waals surface area contributed by atoms with Gasteiger partial charge in [-0.2, -0.15) is 5.10 Å². The van der Waals surface area contributed by atoms with E-state index in [1.165, 1.54) is 19.2 Å². The lowest BCUT2D eigenvalue weighted by Crippen LogP contribution is -2.22. The van der Waals surface area contributed by atoms with Gasteiger partial charge in [-0.3, -0.25) is 4.79 Å². The van der Waals surface area contributed by atoms with Crippen molar-refractivity contribution < 1.29 is 14.3 Å². The van der Waals surface area contributed by atoms with E-state index in [4.69, 9.17) is 9.47 Å². The topological polar surface area (TPSA) is 70.4 Å². The van der Waals surface area contributed by atoms with Crippen LogP contribution in [0.5, 0.6) is 5.75 Å². The van der Waals surface area contributed by atoms with Gasteiger partial charge in [-0.05, 0) is 30.7 Å². The molecule has 0 amide bonds. The van der Waals surface area contributed by atoms with Gasteiger partial charge in [-0.1, -0.05) is 12.1 Å². The fraction of sp³-hybridized carbons (Fsp3) is 0.267. The highest BCUT2D eigenvalue weighted by Crippen LogP contribution is 2.11. The summed E-state index contributed by atoms with van der Waals surface area (Å²) >= 11 is 0. The predicted molar refractivity (Wildman–Crippen MR) is 76.4 cm³/mol. The Morgan fingerprint density at radius 2 is 2.05 bits per heavy atom. The summed E-state index contributed by atoms with van der Waals surface area (Å²) in [5.74, 6) is 0.143. The predicted octanol–water partition coefficient (Wildman–Crippen LogP) is 1.32. The molecule has 21 heavy (non-hydrogen) atoms. The quantitative estimate of drug-likeness (QED) is 0.613. The summed E-state index contributed by atoms with van der Waals surface area (Å²) in [6.07, 6.45) is 0. The Morgan fingerprint density at radius 3 is 2.76 bits per heavy atom. The molecule has 1 aromatic heterocycles. The summed E-state index contributed by atoms with van der Waals surface area (Å²) in [5.41, 5.74) is 0.904. The first-order valence-corrected chi connectivity index (χ1v) is 6.47. The van der Waals surface area contributed by atoms with E-state index in [1.54, 1.807) is 0 Å². The SMILES string of the molecule is Cc1cccc(OCCOC(=O)c2ccc(=O)n(C)n2)c1. The minimum absolute atomic E-state index is 0.0904. The number of esters is 1. The molecule has 2 rings (SSSR count). The highest BCUT2D eigenvalue weighted by molar-refractivity contribution is 5.86. The first-order valence-electron chi connectivity index (χ1n) is 6.47. The van der Waals surface area contributed by atoms with E-state index in [-0.39, 0.29) is 24.5 Å². The Hall–Kier alpha value is -2.63. The number of hydrogen-bond acceptors (Lipinski definition) is 5. The summed E-state index contributed by atoms with van der Waals surface area (Å²) < 4.78 is 11.6. The van der Waals surface area contributed by atoms with Crippen LogP contribution < -0.4 is 10.3 Å². The molecule has 110 valence electrons. The van der Waals surface area contributed by atoms with Crippen LogP contribution >= 0.6 is 0 Å². The fourth-order valence-corrected chi connectivity index (χ4v) is 1.68. The molecule has 2 aromatic rings. The maximum absolute atomic E-state index is 11.7. The Kier molecular flexibility index (Phi) is 4.71. The van der Waals surface area contributed by atoms with Gasteiger partial charge >= 0.3 is 5.97 Å². The number of aryl methyl sites for hydroxylation is 2. The van der Waals surface area contributed by atoms with Gasteiger partial charge in [0.1, 0.15) is 19.0 Å². The number of carbonyl (C=O) groups excluding carboxylic acids is 1. The standard InChI is InChI=1S/C15H16N2O4/c1-11-4-3-5-12(10-11)20-8-9-21-15(19)13-6-7-14(18)17(2)16-13/h3-7,10H,8-9H2,1-2H3. The third kappa shape index (κ3) is 4.17. The molecular weight excluding hydrogens is 272 g/mol. The van der Waals surface area contributed by atoms with Crippen molar-refractivity contribution in [1.82, 2.24) is 9.78 Å². The largest absolute Gasteiger partial charge is 0.490 e. The number of nitrogens with zero attached hydrogens (tertiary/aromatic N) is 2. The van der Waals surface area contributed by atoms with Crippen molar-refractivity contribution in [3.05, 3.63) is 58.0 Å². The van der Waals surface area contributed by atoms with E-state index in [0.29, 0.717) is 0 Å². The van der Waals surface area contributed by atoms with Crippen LogP contribution in [0.15, 0.2) is 41.2 Å². The van der Waals surface area contributed by atoms with E-state index in [1.807, 2.05) is 31.2 Å². The second-order valence-electron chi connectivity index (χ2n) is 4.48. The van der Waals surface area contributed by atoms with Gasteiger partial charge < -0.3 is 9.47 Å². The van der Waals surface area contributed by atoms with Crippen molar-refractivity contribution in [1.29, 1.82) is 0 Å². The lowest BCUT2D eigenvalue weighted by molar-refractivity contribution is 0.0440. The van der Waals surface area contributed by atoms with Gasteiger partial charge in [-0.25, -0.2) is 9.48 Å². The third-order valence-corrected chi connectivity index (χ3v) is 2.74. The number of ether oxygens (including phenoxy) is 2. The Morgan fingerprint density at radius 1 is 1.24 bits per heavy atom. The van der Waals surface area contributed by atoms with E-state index < -0.39 is 5.97 Å². The van der Waals surface area contributed by atoms with Crippen LogP contribution in [-0.2, 0) is 11.8 Å². The van der Waals surface area contributed by atoms with Gasteiger partial charge in [0.05, 0.1) is 0 Å². The van der Waals surface area contributed by atoms with Crippen LogP contribution in [0.3, 0.4) is 0 Å². The Balaban J connectivity index is 1.81. The van der Waals surface area contributed by atoms with Crippen LogP contribution in [-0.4, -0.2) is 29.0 Å². The van der Waals surface area contributed by atoms with Crippen molar-refractivity contribution in [2.75, 3.05) is 13.2 Å². The number of carbonyl (C=O) groups is 1. The molecule has 0 spiro atoms. The highest BCUT2D eigenvalue weighted by atomic mass is 16.6. The maximum Gasteiger partial charge on any atom is 0.358 e. The number of benzene rings is 1. The van der Waals surface area contributed by atoms with Crippen molar-refractivity contribution >= 4 is 5.97 Å². The fourth-order valence-electron chi connectivity index (χ4n) is 1.68. The summed E-state index contributed by atoms with van der Waals surface area (Å²) in [4.78, 5) is 22.9. The van der Waals surface area contributed by atoms with Crippen molar-refractivity contribution in [2.45, 2.75) is 6.92 Å². The van der Waals surface area contributed by atoms with Crippen LogP contribution in [0, 0.1) is 6.92 Å². The van der Waals surface area contributed by atoms with Gasteiger partial charge in [0.15, 0.2) is 5.69 Å². The van der Waals surface area contributed by atoms with Crippen molar-refractivity contribution in [3.63, 3.8) is 0 Å². The number of aromatic nitrogens is 2. The summed E-state index contributed by atoms with van der Waals surface area (Å²) in [7, 11) is 1.47. The molecule has 0 aliphatic carbocycles. The number of rotatable bonds is 5. The molecule has 1 aromatic carbocycles. The molecule has 0 aliphatic rings. The molecule has 0 bridgehead atoms. The number of hydrogen-bond donors (Lipinski definition) is 0. The van der Waals surface area contributed by atoms with E-state index in [2.05, 4.69) is 5.10 Å². The second-order valence-corrected chi connectivity index (χ2v) is 4.48. The van der Waals surface area contributed by atoms with E-state index in [9.17, 15) is 9.59 Å². The normalized spacial score (nSPS) is 10.2. The molecule has 0 radical (unpaired) electrons. The first-order chi connectivity index (χ1) is 10.1. The molecule has 0 saturated carbocycles. The average molecular weight is 288 g/mol. The zero-order valence-electron chi connectivity index (χ0n) is 11.9. The molecule has 0 fully saturated rings. The smallest absolute Gasteiger partial charge is 0.358 e. The highest BCUT2D eigenvalue weighted by Gasteiger charge is 2.09. The molecule has 6 nitrogen and oxygen atoms in total. The Labute approximate surface area is 121 Å². The van der Waals surface area contributed by atoms with Crippen molar-refractivity contribution in [3.8, 4) is 5.75 Å². The lowest BCUT2D eigenvalue weighted by atomic mass is 10.2. The zero-order valence-corrected chi connectivity index (χ0v) is 11.9. The second kappa shape index (κ2) is 6.69. The first kappa shape index (κ1) is 14.8. The van der Waals surface area contributed by atoms with Gasteiger partial charge in [-0.15, -0.1) is 0 Å². The molecule has 1 heterocycles. The average Bonchev–Trinajstić information content (AvgIpc) is 2.46. The Bertz CT molecular complexity index is 694. The third-order valence-electron chi connectivity index (χ3n) is 2.74. The zero-order chi connectivity index (χ0) is 15.2. The van der Waals surface area contributed by atoms with E-state index in [0.717, 1.165) is 16.0 Å². The van der Waals surface area contributed by atoms with Crippen LogP contribution in [0.1, 0.15) is 16.1 Å². The summed E-state index contributed by atoms with van der Waals surface area (Å²) in [6.45, 7) is 2.33. The molecule has 0 unspecified atom stereocenters. The van der Waals surface area contributed by atoms with Crippen LogP contribution in [0.4, 0.5) is 0 Å². The van der Waals surface area contributed by atoms with Crippen LogP contribution in [0.2, 0.25) is 0 Å². The van der Waals surface area contributed by atoms with Gasteiger partial charge in [0, 0.05) is 13.1 Å². The monoisotopic (exact) mass is 288 g/mol. The van der Waals surface area contributed by atoms with Crippen molar-refractivity contribution in [2.24, 2.45) is 7.05 Å². The molecule has 0 saturated heterocycles. The van der Waals surface area contributed by atoms with Gasteiger partial charge in [0.25, 0.3) is 5.56 Å². The molecule has 0 aliphatic heterocycles. The molecule has 0 N–H and O–H groups in total. The lowest BCUT2D eigenvalue weighted by Gasteiger charge is -2.08. The molecule has 6 heteroatoms. The summed E-state index contributed by atoms with van der Waals surface area (Å²) in [5, 5.41) is 3.81. The molecular formula is C15H16N2O4.